The molecule has 0 atom stereocenters. The zero-order chi connectivity index (χ0) is 19.2. The average molecular weight is 364 g/mol. The molecule has 0 bridgehead atoms. The van der Waals surface area contributed by atoms with Gasteiger partial charge in [0.05, 0.1) is 12.4 Å². The maximum absolute atomic E-state index is 13.6. The summed E-state index contributed by atoms with van der Waals surface area (Å²) in [7, 11) is 0. The summed E-state index contributed by atoms with van der Waals surface area (Å²) in [4.78, 5) is 20.7. The van der Waals surface area contributed by atoms with Crippen LogP contribution in [0.4, 0.5) is 15.9 Å². The molecule has 1 heterocycles. The lowest BCUT2D eigenvalue weighted by molar-refractivity contribution is 0.102. The van der Waals surface area contributed by atoms with Gasteiger partial charge in [0.2, 0.25) is 0 Å². The van der Waals surface area contributed by atoms with Gasteiger partial charge in [-0.3, -0.25) is 4.79 Å². The van der Waals surface area contributed by atoms with Crippen molar-refractivity contribution >= 4 is 17.4 Å². The van der Waals surface area contributed by atoms with Crippen molar-refractivity contribution in [3.05, 3.63) is 83.1 Å². The van der Waals surface area contributed by atoms with E-state index in [0.717, 1.165) is 16.8 Å². The van der Waals surface area contributed by atoms with E-state index in [1.165, 1.54) is 18.5 Å². The highest BCUT2D eigenvalue weighted by Crippen LogP contribution is 2.15. The van der Waals surface area contributed by atoms with Crippen LogP contribution in [0.3, 0.4) is 0 Å². The standard InChI is InChI=1S/C21H21FN4O/c1-14-9-15(2)11-17(10-14)26-21(27)19-12-25-20(13-24-19)23-8-7-16-5-3-4-6-18(16)22/h3-6,9-13H,7-8H2,1-2H3,(H,23,25)(H,26,27). The second-order valence-corrected chi connectivity index (χ2v) is 6.39. The minimum atomic E-state index is -0.314. The molecule has 2 N–H and O–H groups in total. The maximum atomic E-state index is 13.6. The first-order valence-corrected chi connectivity index (χ1v) is 8.70. The van der Waals surface area contributed by atoms with E-state index >= 15 is 0 Å². The number of nitrogens with one attached hydrogen (secondary N) is 2. The summed E-state index contributed by atoms with van der Waals surface area (Å²) in [5, 5.41) is 5.91. The number of nitrogens with zero attached hydrogens (tertiary/aromatic N) is 2. The molecule has 27 heavy (non-hydrogen) atoms. The van der Waals surface area contributed by atoms with E-state index in [2.05, 4.69) is 20.6 Å². The van der Waals surface area contributed by atoms with Crippen LogP contribution < -0.4 is 10.6 Å². The molecule has 1 aromatic heterocycles. The minimum Gasteiger partial charge on any atom is -0.368 e. The predicted molar refractivity (Wildman–Crippen MR) is 104 cm³/mol. The third-order valence-corrected chi connectivity index (χ3v) is 4.02. The third kappa shape index (κ3) is 5.10. The largest absolute Gasteiger partial charge is 0.368 e. The lowest BCUT2D eigenvalue weighted by Gasteiger charge is -2.08. The Morgan fingerprint density at radius 2 is 1.78 bits per heavy atom. The van der Waals surface area contributed by atoms with E-state index in [0.29, 0.717) is 24.3 Å². The molecule has 0 unspecified atom stereocenters. The van der Waals surface area contributed by atoms with Gasteiger partial charge in [0.1, 0.15) is 17.3 Å². The van der Waals surface area contributed by atoms with Gasteiger partial charge in [-0.2, -0.15) is 0 Å². The Balaban J connectivity index is 1.56. The number of halogens is 1. The van der Waals surface area contributed by atoms with Crippen LogP contribution in [0.2, 0.25) is 0 Å². The zero-order valence-electron chi connectivity index (χ0n) is 15.3. The van der Waals surface area contributed by atoms with E-state index in [9.17, 15) is 9.18 Å². The second-order valence-electron chi connectivity index (χ2n) is 6.39. The molecule has 0 saturated heterocycles. The first-order chi connectivity index (χ1) is 13.0. The van der Waals surface area contributed by atoms with Gasteiger partial charge in [0, 0.05) is 12.2 Å². The molecule has 6 heteroatoms. The van der Waals surface area contributed by atoms with Crippen molar-refractivity contribution in [3.63, 3.8) is 0 Å². The van der Waals surface area contributed by atoms with E-state index in [4.69, 9.17) is 0 Å². The van der Waals surface area contributed by atoms with Gasteiger partial charge in [-0.1, -0.05) is 24.3 Å². The molecular weight excluding hydrogens is 343 g/mol. The Morgan fingerprint density at radius 3 is 2.44 bits per heavy atom. The van der Waals surface area contributed by atoms with Crippen molar-refractivity contribution in [2.24, 2.45) is 0 Å². The Labute approximate surface area is 157 Å². The molecule has 3 aromatic rings. The van der Waals surface area contributed by atoms with Gasteiger partial charge in [0.15, 0.2) is 0 Å². The Hall–Kier alpha value is -3.28. The van der Waals surface area contributed by atoms with Crippen LogP contribution in [-0.4, -0.2) is 22.4 Å². The van der Waals surface area contributed by atoms with Crippen LogP contribution in [-0.2, 0) is 6.42 Å². The van der Waals surface area contributed by atoms with Crippen LogP contribution in [0, 0.1) is 19.7 Å². The summed E-state index contributed by atoms with van der Waals surface area (Å²) < 4.78 is 13.6. The van der Waals surface area contributed by atoms with Crippen molar-refractivity contribution in [2.45, 2.75) is 20.3 Å². The summed E-state index contributed by atoms with van der Waals surface area (Å²) >= 11 is 0. The number of amides is 1. The van der Waals surface area contributed by atoms with Crippen LogP contribution in [0.15, 0.2) is 54.9 Å². The Morgan fingerprint density at radius 1 is 1.04 bits per heavy atom. The number of anilines is 2. The number of aromatic nitrogens is 2. The molecule has 0 aliphatic rings. The molecule has 5 nitrogen and oxygen atoms in total. The lowest BCUT2D eigenvalue weighted by Crippen LogP contribution is -2.15. The van der Waals surface area contributed by atoms with Crippen molar-refractivity contribution in [1.82, 2.24) is 9.97 Å². The zero-order valence-corrected chi connectivity index (χ0v) is 15.3. The number of aryl methyl sites for hydroxylation is 2. The van der Waals surface area contributed by atoms with Crippen molar-refractivity contribution in [2.75, 3.05) is 17.2 Å². The fourth-order valence-corrected chi connectivity index (χ4v) is 2.80. The molecule has 0 aliphatic carbocycles. The molecule has 2 aromatic carbocycles. The van der Waals surface area contributed by atoms with Crippen molar-refractivity contribution in [1.29, 1.82) is 0 Å². The summed E-state index contributed by atoms with van der Waals surface area (Å²) in [5.74, 6) is 0.00323. The normalized spacial score (nSPS) is 10.5. The quantitative estimate of drug-likeness (QED) is 0.690. The highest BCUT2D eigenvalue weighted by atomic mass is 19.1. The first-order valence-electron chi connectivity index (χ1n) is 8.70. The van der Waals surface area contributed by atoms with E-state index in [1.807, 2.05) is 32.0 Å². The highest BCUT2D eigenvalue weighted by molar-refractivity contribution is 6.02. The number of rotatable bonds is 6. The van der Waals surface area contributed by atoms with Crippen LogP contribution >= 0.6 is 0 Å². The Kier molecular flexibility index (Phi) is 5.76. The summed E-state index contributed by atoms with van der Waals surface area (Å²) in [6.45, 7) is 4.47. The van der Waals surface area contributed by atoms with Gasteiger partial charge in [0.25, 0.3) is 5.91 Å². The molecule has 0 radical (unpaired) electrons. The summed E-state index contributed by atoms with van der Waals surface area (Å²) in [6.07, 6.45) is 3.45. The van der Waals surface area contributed by atoms with Gasteiger partial charge in [-0.05, 0) is 55.2 Å². The molecule has 0 fully saturated rings. The van der Waals surface area contributed by atoms with Gasteiger partial charge >= 0.3 is 0 Å². The molecular formula is C21H21FN4O. The topological polar surface area (TPSA) is 66.9 Å². The number of benzene rings is 2. The van der Waals surface area contributed by atoms with Gasteiger partial charge in [-0.25, -0.2) is 14.4 Å². The van der Waals surface area contributed by atoms with E-state index in [-0.39, 0.29) is 17.4 Å². The molecule has 0 saturated carbocycles. The number of hydrogen-bond acceptors (Lipinski definition) is 4. The maximum Gasteiger partial charge on any atom is 0.275 e. The number of hydrogen-bond donors (Lipinski definition) is 2. The number of carbonyl (C=O) groups excluding carboxylic acids is 1. The van der Waals surface area contributed by atoms with Crippen LogP contribution in [0.1, 0.15) is 27.2 Å². The van der Waals surface area contributed by atoms with Gasteiger partial charge in [-0.15, -0.1) is 0 Å². The molecule has 1 amide bonds. The fraction of sp³-hybridized carbons (Fsp3) is 0.190. The fourth-order valence-electron chi connectivity index (χ4n) is 2.80. The Bertz CT molecular complexity index is 921. The van der Waals surface area contributed by atoms with Crippen molar-refractivity contribution < 1.29 is 9.18 Å². The molecule has 3 rings (SSSR count). The lowest BCUT2D eigenvalue weighted by atomic mass is 10.1. The minimum absolute atomic E-state index is 0.219. The first kappa shape index (κ1) is 18.5. The van der Waals surface area contributed by atoms with E-state index < -0.39 is 0 Å². The second kappa shape index (κ2) is 8.40. The monoisotopic (exact) mass is 364 g/mol. The van der Waals surface area contributed by atoms with Crippen LogP contribution in [0.25, 0.3) is 0 Å². The molecule has 0 aliphatic heterocycles. The SMILES string of the molecule is Cc1cc(C)cc(NC(=O)c2cnc(NCCc3ccccc3F)cn2)c1. The molecule has 0 spiro atoms. The third-order valence-electron chi connectivity index (χ3n) is 4.02. The van der Waals surface area contributed by atoms with Gasteiger partial charge < -0.3 is 10.6 Å². The van der Waals surface area contributed by atoms with E-state index in [1.54, 1.807) is 18.2 Å². The predicted octanol–water partition coefficient (Wildman–Crippen LogP) is 4.14. The smallest absolute Gasteiger partial charge is 0.275 e. The number of carbonyl (C=O) groups is 1. The van der Waals surface area contributed by atoms with Crippen LogP contribution in [0.5, 0.6) is 0 Å². The molecule has 138 valence electrons. The summed E-state index contributed by atoms with van der Waals surface area (Å²) in [6, 6.07) is 12.5. The highest BCUT2D eigenvalue weighted by Gasteiger charge is 2.09. The van der Waals surface area contributed by atoms with Crippen molar-refractivity contribution in [3.8, 4) is 0 Å². The average Bonchev–Trinajstić information content (AvgIpc) is 2.63. The summed E-state index contributed by atoms with van der Waals surface area (Å²) in [5.41, 5.74) is 3.75.